The van der Waals surface area contributed by atoms with Crippen LogP contribution in [0.25, 0.3) is 5.65 Å². The molecule has 2 aromatic heterocycles. The molecule has 3 rings (SSSR count). The van der Waals surface area contributed by atoms with Crippen LogP contribution in [-0.2, 0) is 0 Å². The van der Waals surface area contributed by atoms with Gasteiger partial charge in [-0.3, -0.25) is 4.40 Å². The predicted molar refractivity (Wildman–Crippen MR) is 69.5 cm³/mol. The zero-order valence-corrected chi connectivity index (χ0v) is 10.7. The van der Waals surface area contributed by atoms with Crippen molar-refractivity contribution >= 4 is 11.5 Å². The lowest BCUT2D eigenvalue weighted by Crippen LogP contribution is -2.43. The SMILES string of the molecule is CC1CN(C)CCC1Nc1nccn2cnnc12. The van der Waals surface area contributed by atoms with Gasteiger partial charge in [0.15, 0.2) is 5.82 Å². The van der Waals surface area contributed by atoms with Gasteiger partial charge in [0.25, 0.3) is 0 Å². The van der Waals surface area contributed by atoms with Crippen LogP contribution in [0.4, 0.5) is 5.82 Å². The van der Waals surface area contributed by atoms with Gasteiger partial charge in [0.1, 0.15) is 6.33 Å². The lowest BCUT2D eigenvalue weighted by molar-refractivity contribution is 0.206. The molecule has 18 heavy (non-hydrogen) atoms. The minimum absolute atomic E-state index is 0.455. The van der Waals surface area contributed by atoms with Crippen LogP contribution in [0.3, 0.4) is 0 Å². The minimum atomic E-state index is 0.455. The summed E-state index contributed by atoms with van der Waals surface area (Å²) in [4.78, 5) is 6.75. The van der Waals surface area contributed by atoms with E-state index in [4.69, 9.17) is 0 Å². The second-order valence-corrected chi connectivity index (χ2v) is 5.12. The number of piperidine rings is 1. The van der Waals surface area contributed by atoms with Crippen molar-refractivity contribution in [1.82, 2.24) is 24.5 Å². The third kappa shape index (κ3) is 2.03. The molecule has 1 fully saturated rings. The molecule has 1 aliphatic heterocycles. The maximum atomic E-state index is 4.38. The van der Waals surface area contributed by atoms with E-state index in [1.807, 2.05) is 10.6 Å². The van der Waals surface area contributed by atoms with Gasteiger partial charge in [-0.15, -0.1) is 10.2 Å². The van der Waals surface area contributed by atoms with Crippen LogP contribution in [-0.4, -0.2) is 50.7 Å². The van der Waals surface area contributed by atoms with Crippen molar-refractivity contribution in [2.45, 2.75) is 19.4 Å². The van der Waals surface area contributed by atoms with Gasteiger partial charge in [0, 0.05) is 25.0 Å². The van der Waals surface area contributed by atoms with Crippen LogP contribution < -0.4 is 5.32 Å². The molecular weight excluding hydrogens is 228 g/mol. The molecule has 0 aromatic carbocycles. The molecule has 6 heteroatoms. The van der Waals surface area contributed by atoms with Gasteiger partial charge in [-0.1, -0.05) is 6.92 Å². The maximum absolute atomic E-state index is 4.38. The van der Waals surface area contributed by atoms with Crippen molar-refractivity contribution in [3.8, 4) is 0 Å². The first-order chi connectivity index (χ1) is 8.74. The summed E-state index contributed by atoms with van der Waals surface area (Å²) in [5, 5.41) is 11.5. The molecule has 2 aromatic rings. The molecular formula is C12H18N6. The molecule has 0 amide bonds. The molecule has 0 aliphatic carbocycles. The van der Waals surface area contributed by atoms with Crippen molar-refractivity contribution < 1.29 is 0 Å². The van der Waals surface area contributed by atoms with Crippen LogP contribution in [0.2, 0.25) is 0 Å². The molecule has 1 aliphatic rings. The first-order valence-corrected chi connectivity index (χ1v) is 6.33. The second kappa shape index (κ2) is 4.53. The lowest BCUT2D eigenvalue weighted by Gasteiger charge is -2.35. The summed E-state index contributed by atoms with van der Waals surface area (Å²) in [6, 6.07) is 0.455. The number of aromatic nitrogens is 4. The summed E-state index contributed by atoms with van der Waals surface area (Å²) in [6.07, 6.45) is 6.46. The van der Waals surface area contributed by atoms with Crippen LogP contribution in [0.15, 0.2) is 18.7 Å². The Hall–Kier alpha value is -1.69. The van der Waals surface area contributed by atoms with Gasteiger partial charge in [0.2, 0.25) is 5.65 Å². The van der Waals surface area contributed by atoms with Gasteiger partial charge in [0.05, 0.1) is 0 Å². The zero-order valence-electron chi connectivity index (χ0n) is 10.7. The largest absolute Gasteiger partial charge is 0.364 e. The van der Waals surface area contributed by atoms with Gasteiger partial charge >= 0.3 is 0 Å². The van der Waals surface area contributed by atoms with Gasteiger partial charge in [-0.25, -0.2) is 4.98 Å². The highest BCUT2D eigenvalue weighted by atomic mass is 15.3. The number of likely N-dealkylation sites (tertiary alicyclic amines) is 1. The van der Waals surface area contributed by atoms with Crippen molar-refractivity contribution in [1.29, 1.82) is 0 Å². The third-order valence-corrected chi connectivity index (χ3v) is 3.65. The zero-order chi connectivity index (χ0) is 12.5. The number of nitrogens with one attached hydrogen (secondary N) is 1. The highest BCUT2D eigenvalue weighted by molar-refractivity contribution is 5.61. The van der Waals surface area contributed by atoms with Crippen LogP contribution in [0, 0.1) is 5.92 Å². The summed E-state index contributed by atoms with van der Waals surface area (Å²) in [5.74, 6) is 1.44. The number of hydrogen-bond donors (Lipinski definition) is 1. The minimum Gasteiger partial charge on any atom is -0.364 e. The normalized spacial score (nSPS) is 25.4. The van der Waals surface area contributed by atoms with Gasteiger partial charge < -0.3 is 10.2 Å². The highest BCUT2D eigenvalue weighted by Crippen LogP contribution is 2.20. The molecule has 0 spiro atoms. The molecule has 96 valence electrons. The van der Waals surface area contributed by atoms with E-state index in [1.165, 1.54) is 0 Å². The maximum Gasteiger partial charge on any atom is 0.203 e. The van der Waals surface area contributed by atoms with E-state index >= 15 is 0 Å². The van der Waals surface area contributed by atoms with E-state index in [1.54, 1.807) is 12.5 Å². The Morgan fingerprint density at radius 1 is 1.44 bits per heavy atom. The van der Waals surface area contributed by atoms with E-state index in [-0.39, 0.29) is 0 Å². The topological polar surface area (TPSA) is 58.4 Å². The Morgan fingerprint density at radius 3 is 3.17 bits per heavy atom. The van der Waals surface area contributed by atoms with Crippen molar-refractivity contribution in [2.75, 3.05) is 25.5 Å². The summed E-state index contributed by atoms with van der Waals surface area (Å²) < 4.78 is 1.88. The van der Waals surface area contributed by atoms with Gasteiger partial charge in [-0.2, -0.15) is 0 Å². The first kappa shape index (κ1) is 11.4. The smallest absolute Gasteiger partial charge is 0.203 e. The molecule has 0 bridgehead atoms. The molecule has 1 saturated heterocycles. The third-order valence-electron chi connectivity index (χ3n) is 3.65. The molecule has 6 nitrogen and oxygen atoms in total. The highest BCUT2D eigenvalue weighted by Gasteiger charge is 2.24. The molecule has 2 unspecified atom stereocenters. The van der Waals surface area contributed by atoms with Crippen molar-refractivity contribution in [3.05, 3.63) is 18.7 Å². The molecule has 1 N–H and O–H groups in total. The standard InChI is InChI=1S/C12H18N6/c1-9-7-17(2)5-3-10(9)15-11-12-16-14-8-18(12)6-4-13-11/h4,6,8-10H,3,5,7H2,1-2H3,(H,13,15). The summed E-state index contributed by atoms with van der Waals surface area (Å²) in [6.45, 7) is 4.52. The van der Waals surface area contributed by atoms with E-state index in [0.717, 1.165) is 31.0 Å². The van der Waals surface area contributed by atoms with E-state index in [9.17, 15) is 0 Å². The summed E-state index contributed by atoms with van der Waals surface area (Å²) >= 11 is 0. The average Bonchev–Trinajstić information content (AvgIpc) is 2.82. The Labute approximate surface area is 106 Å². The Kier molecular flexibility index (Phi) is 2.87. The Bertz CT molecular complexity index is 536. The lowest BCUT2D eigenvalue weighted by atomic mass is 9.94. The monoisotopic (exact) mass is 246 g/mol. The molecule has 0 radical (unpaired) electrons. The second-order valence-electron chi connectivity index (χ2n) is 5.12. The van der Waals surface area contributed by atoms with Crippen molar-refractivity contribution in [3.63, 3.8) is 0 Å². The van der Waals surface area contributed by atoms with E-state index in [0.29, 0.717) is 12.0 Å². The number of hydrogen-bond acceptors (Lipinski definition) is 5. The molecule has 0 saturated carbocycles. The van der Waals surface area contributed by atoms with E-state index in [2.05, 4.69) is 39.4 Å². The van der Waals surface area contributed by atoms with Crippen LogP contribution in [0.5, 0.6) is 0 Å². The van der Waals surface area contributed by atoms with Crippen molar-refractivity contribution in [2.24, 2.45) is 5.92 Å². The number of rotatable bonds is 2. The number of anilines is 1. The van der Waals surface area contributed by atoms with Crippen LogP contribution in [0.1, 0.15) is 13.3 Å². The fourth-order valence-corrected chi connectivity index (χ4v) is 2.60. The Morgan fingerprint density at radius 2 is 2.33 bits per heavy atom. The quantitative estimate of drug-likeness (QED) is 0.852. The predicted octanol–water partition coefficient (Wildman–Crippen LogP) is 0.876. The van der Waals surface area contributed by atoms with Gasteiger partial charge in [-0.05, 0) is 25.9 Å². The summed E-state index contributed by atoms with van der Waals surface area (Å²) in [7, 11) is 2.17. The number of nitrogens with zero attached hydrogens (tertiary/aromatic N) is 5. The first-order valence-electron chi connectivity index (χ1n) is 6.33. The molecule has 3 heterocycles. The van der Waals surface area contributed by atoms with E-state index < -0.39 is 0 Å². The fourth-order valence-electron chi connectivity index (χ4n) is 2.60. The summed E-state index contributed by atoms with van der Waals surface area (Å²) in [5.41, 5.74) is 0.795. The van der Waals surface area contributed by atoms with Crippen LogP contribution >= 0.6 is 0 Å². The fraction of sp³-hybridized carbons (Fsp3) is 0.583. The number of fused-ring (bicyclic) bond motifs is 1. The molecule has 2 atom stereocenters. The average molecular weight is 246 g/mol. The Balaban J connectivity index is 1.82.